The van der Waals surface area contributed by atoms with Crippen molar-refractivity contribution >= 4 is 23.7 Å². The molecule has 7 heteroatoms. The van der Waals surface area contributed by atoms with Crippen LogP contribution in [-0.2, 0) is 19.1 Å². The number of hydrogen-bond acceptors (Lipinski definition) is 7. The standard InChI is InChI=1S/C37H33N3O4/c1-39(2)29-20-18-26(19-21-29)31-32(35(41)44-33(27-13-6-4-7-14-27)28-15-8-5-9-16-28)40-23-22-25-12-10-11-17-30(25)34(40)37(31,24-38)36(42)43-3/h4-23,31-34H,1-3H3/t31-,32+,34-,37-/m1/s1. The zero-order valence-electron chi connectivity index (χ0n) is 24.8. The van der Waals surface area contributed by atoms with Gasteiger partial charge < -0.3 is 19.3 Å². The molecule has 7 nitrogen and oxygen atoms in total. The molecular formula is C37H33N3O4. The second-order valence-electron chi connectivity index (χ2n) is 11.3. The Hall–Kier alpha value is -5.35. The van der Waals surface area contributed by atoms with Gasteiger partial charge in [-0.15, -0.1) is 0 Å². The normalized spacial score (nSPS) is 21.6. The summed E-state index contributed by atoms with van der Waals surface area (Å²) < 4.78 is 11.8. The molecule has 4 atom stereocenters. The van der Waals surface area contributed by atoms with E-state index in [1.807, 2.05) is 145 Å². The first-order chi connectivity index (χ1) is 21.4. The van der Waals surface area contributed by atoms with Crippen LogP contribution < -0.4 is 4.90 Å². The number of methoxy groups -OCH3 is 1. The van der Waals surface area contributed by atoms with Crippen molar-refractivity contribution in [1.29, 1.82) is 5.26 Å². The van der Waals surface area contributed by atoms with Crippen molar-refractivity contribution in [3.63, 3.8) is 0 Å². The van der Waals surface area contributed by atoms with Crippen LogP contribution in [0.15, 0.2) is 115 Å². The van der Waals surface area contributed by atoms with E-state index >= 15 is 0 Å². The molecule has 1 fully saturated rings. The Bertz CT molecular complexity index is 1690. The van der Waals surface area contributed by atoms with Gasteiger partial charge in [0.1, 0.15) is 6.04 Å². The number of benzene rings is 4. The molecule has 4 aromatic carbocycles. The van der Waals surface area contributed by atoms with Crippen molar-refractivity contribution in [3.8, 4) is 6.07 Å². The summed E-state index contributed by atoms with van der Waals surface area (Å²) in [6.07, 6.45) is 3.02. The molecule has 0 spiro atoms. The zero-order chi connectivity index (χ0) is 30.8. The molecule has 0 amide bonds. The Morgan fingerprint density at radius 3 is 2.02 bits per heavy atom. The summed E-state index contributed by atoms with van der Waals surface area (Å²) in [6.45, 7) is 0. The predicted molar refractivity (Wildman–Crippen MR) is 168 cm³/mol. The average molecular weight is 584 g/mol. The Morgan fingerprint density at radius 2 is 1.45 bits per heavy atom. The lowest BCUT2D eigenvalue weighted by molar-refractivity contribution is -0.153. The highest BCUT2D eigenvalue weighted by molar-refractivity contribution is 5.90. The number of carbonyl (C=O) groups excluding carboxylic acids is 2. The zero-order valence-corrected chi connectivity index (χ0v) is 24.8. The molecule has 44 heavy (non-hydrogen) atoms. The summed E-state index contributed by atoms with van der Waals surface area (Å²) >= 11 is 0. The van der Waals surface area contributed by atoms with Crippen LogP contribution in [0.3, 0.4) is 0 Å². The lowest BCUT2D eigenvalue weighted by atomic mass is 9.67. The first kappa shape index (κ1) is 28.8. The number of hydrogen-bond donors (Lipinski definition) is 0. The van der Waals surface area contributed by atoms with Gasteiger partial charge >= 0.3 is 11.9 Å². The van der Waals surface area contributed by atoms with E-state index in [9.17, 15) is 14.9 Å². The number of nitrogens with zero attached hydrogens (tertiary/aromatic N) is 3. The predicted octanol–water partition coefficient (Wildman–Crippen LogP) is 6.26. The molecule has 4 aromatic rings. The van der Waals surface area contributed by atoms with Crippen molar-refractivity contribution < 1.29 is 19.1 Å². The molecule has 2 heterocycles. The molecule has 1 saturated heterocycles. The minimum absolute atomic E-state index is 0.542. The number of fused-ring (bicyclic) bond motifs is 3. The molecule has 6 rings (SSSR count). The molecule has 0 radical (unpaired) electrons. The van der Waals surface area contributed by atoms with Crippen LogP contribution in [0.1, 0.15) is 45.9 Å². The van der Waals surface area contributed by atoms with Gasteiger partial charge in [0.05, 0.1) is 19.2 Å². The smallest absolute Gasteiger partial charge is 0.330 e. The molecular weight excluding hydrogens is 550 g/mol. The van der Waals surface area contributed by atoms with Crippen molar-refractivity contribution in [1.82, 2.24) is 4.90 Å². The molecule has 220 valence electrons. The van der Waals surface area contributed by atoms with Crippen LogP contribution in [0, 0.1) is 16.7 Å². The largest absolute Gasteiger partial charge is 0.468 e. The molecule has 2 aliphatic heterocycles. The van der Waals surface area contributed by atoms with E-state index in [0.717, 1.165) is 27.9 Å². The quantitative estimate of drug-likeness (QED) is 0.238. The highest BCUT2D eigenvalue weighted by Crippen LogP contribution is 2.60. The molecule has 2 aliphatic rings. The second kappa shape index (κ2) is 11.7. The van der Waals surface area contributed by atoms with Gasteiger partial charge in [-0.05, 0) is 46.0 Å². The van der Waals surface area contributed by atoms with Crippen molar-refractivity contribution in [3.05, 3.63) is 143 Å². The average Bonchev–Trinajstić information content (AvgIpc) is 3.39. The third-order valence-corrected chi connectivity index (χ3v) is 8.73. The van der Waals surface area contributed by atoms with Gasteiger partial charge in [-0.3, -0.25) is 4.79 Å². The van der Waals surface area contributed by atoms with Gasteiger partial charge in [-0.1, -0.05) is 97.1 Å². The van der Waals surface area contributed by atoms with E-state index in [0.29, 0.717) is 5.56 Å². The van der Waals surface area contributed by atoms with Gasteiger partial charge in [0.25, 0.3) is 0 Å². The Morgan fingerprint density at radius 1 is 0.864 bits per heavy atom. The summed E-state index contributed by atoms with van der Waals surface area (Å²) in [5.41, 5.74) is 3.13. The van der Waals surface area contributed by atoms with Crippen LogP contribution in [0.25, 0.3) is 6.08 Å². The van der Waals surface area contributed by atoms with E-state index in [1.165, 1.54) is 7.11 Å². The maximum Gasteiger partial charge on any atom is 0.330 e. The maximum absolute atomic E-state index is 14.7. The first-order valence-corrected chi connectivity index (χ1v) is 14.5. The highest BCUT2D eigenvalue weighted by Gasteiger charge is 2.68. The third-order valence-electron chi connectivity index (χ3n) is 8.73. The van der Waals surface area contributed by atoms with Crippen LogP contribution in [0.4, 0.5) is 5.69 Å². The number of anilines is 1. The van der Waals surface area contributed by atoms with Crippen molar-refractivity contribution in [2.45, 2.75) is 24.1 Å². The van der Waals surface area contributed by atoms with Crippen molar-refractivity contribution in [2.75, 3.05) is 26.1 Å². The summed E-state index contributed by atoms with van der Waals surface area (Å²) in [5, 5.41) is 11.0. The minimum atomic E-state index is -1.76. The fourth-order valence-electron chi connectivity index (χ4n) is 6.69. The van der Waals surface area contributed by atoms with Crippen molar-refractivity contribution in [2.24, 2.45) is 5.41 Å². The Labute approximate surface area is 257 Å². The SMILES string of the molecule is COC(=O)[C@]1(C#N)[C@H](c2ccc(N(C)C)cc2)[C@@H](C(=O)OC(c2ccccc2)c2ccccc2)N2C=Cc3ccccc3[C@@H]21. The maximum atomic E-state index is 14.7. The second-order valence-corrected chi connectivity index (χ2v) is 11.3. The van der Waals surface area contributed by atoms with E-state index in [2.05, 4.69) is 6.07 Å². The molecule has 0 aromatic heterocycles. The van der Waals surface area contributed by atoms with Gasteiger partial charge in [0.15, 0.2) is 11.5 Å². The van der Waals surface area contributed by atoms with Crippen LogP contribution in [0.2, 0.25) is 0 Å². The first-order valence-electron chi connectivity index (χ1n) is 14.5. The Balaban J connectivity index is 1.54. The minimum Gasteiger partial charge on any atom is -0.468 e. The summed E-state index contributed by atoms with van der Waals surface area (Å²) in [4.78, 5) is 32.4. The number of rotatable bonds is 7. The molecule has 0 unspecified atom stereocenters. The van der Waals surface area contributed by atoms with Gasteiger partial charge in [-0.2, -0.15) is 5.26 Å². The van der Waals surface area contributed by atoms with E-state index in [1.54, 1.807) is 0 Å². The number of nitriles is 1. The van der Waals surface area contributed by atoms with Crippen LogP contribution in [-0.4, -0.2) is 44.1 Å². The third kappa shape index (κ3) is 4.69. The van der Waals surface area contributed by atoms with Gasteiger partial charge in [-0.25, -0.2) is 4.79 Å². The fourth-order valence-corrected chi connectivity index (χ4v) is 6.69. The molecule has 0 saturated carbocycles. The van der Waals surface area contributed by atoms with Crippen LogP contribution in [0.5, 0.6) is 0 Å². The summed E-state index contributed by atoms with van der Waals surface area (Å²) in [5.74, 6) is -2.14. The number of carbonyl (C=O) groups is 2. The summed E-state index contributed by atoms with van der Waals surface area (Å²) in [6, 6.07) is 35.0. The van der Waals surface area contributed by atoms with E-state index < -0.39 is 41.5 Å². The molecule has 0 aliphatic carbocycles. The topological polar surface area (TPSA) is 82.9 Å². The Kier molecular flexibility index (Phi) is 7.67. The number of ether oxygens (including phenoxy) is 2. The number of esters is 2. The van der Waals surface area contributed by atoms with Gasteiger partial charge in [0.2, 0.25) is 0 Å². The monoisotopic (exact) mass is 583 g/mol. The van der Waals surface area contributed by atoms with Gasteiger partial charge in [0, 0.05) is 31.9 Å². The summed E-state index contributed by atoms with van der Waals surface area (Å²) in [7, 11) is 5.16. The van der Waals surface area contributed by atoms with Crippen LogP contribution >= 0.6 is 0 Å². The fraction of sp³-hybridized carbons (Fsp3) is 0.216. The van der Waals surface area contributed by atoms with E-state index in [-0.39, 0.29) is 0 Å². The lowest BCUT2D eigenvalue weighted by Crippen LogP contribution is -2.41. The van der Waals surface area contributed by atoms with E-state index in [4.69, 9.17) is 9.47 Å². The molecule has 0 N–H and O–H groups in total. The highest BCUT2D eigenvalue weighted by atomic mass is 16.5. The lowest BCUT2D eigenvalue weighted by Gasteiger charge is -2.36. The molecule has 0 bridgehead atoms.